The summed E-state index contributed by atoms with van der Waals surface area (Å²) in [4.78, 5) is 10.9. The molecule has 4 heteroatoms. The molecule has 2 atom stereocenters. The number of ether oxygens (including phenoxy) is 2. The maximum atomic E-state index is 10.9. The molecule has 0 aliphatic carbocycles. The summed E-state index contributed by atoms with van der Waals surface area (Å²) in [7, 11) is 0. The molecule has 1 aromatic carbocycles. The average Bonchev–Trinajstić information content (AvgIpc) is 2.41. The molecule has 15 heavy (non-hydrogen) atoms. The van der Waals surface area contributed by atoms with E-state index in [1.165, 1.54) is 13.0 Å². The molecular weight excluding hydrogens is 196 g/mol. The molecule has 1 heterocycles. The van der Waals surface area contributed by atoms with Crippen LogP contribution in [0.15, 0.2) is 18.2 Å². The molecule has 1 aromatic rings. The van der Waals surface area contributed by atoms with E-state index in [-0.39, 0.29) is 23.9 Å². The average molecular weight is 208 g/mol. The summed E-state index contributed by atoms with van der Waals surface area (Å²) in [5.41, 5.74) is 0.801. The smallest absolute Gasteiger partial charge is 0.303 e. The standard InChI is InChI=1S/C11H12O4/c1-6-11(15-7(2)12)9-4-3-8(13)5-10(9)14-6/h3-6,11,13H,1-2H3/t6?,11-/m0/s1. The van der Waals surface area contributed by atoms with Crippen molar-refractivity contribution in [2.75, 3.05) is 0 Å². The Balaban J connectivity index is 2.33. The Morgan fingerprint density at radius 2 is 2.27 bits per heavy atom. The number of phenolic OH excluding ortho intramolecular Hbond substituents is 1. The van der Waals surface area contributed by atoms with Gasteiger partial charge in [0.25, 0.3) is 0 Å². The molecule has 0 spiro atoms. The second-order valence-corrected chi connectivity index (χ2v) is 3.58. The van der Waals surface area contributed by atoms with E-state index in [1.807, 2.05) is 6.92 Å². The summed E-state index contributed by atoms with van der Waals surface area (Å²) < 4.78 is 10.6. The van der Waals surface area contributed by atoms with Crippen LogP contribution in [0.4, 0.5) is 0 Å². The molecule has 2 rings (SSSR count). The van der Waals surface area contributed by atoms with E-state index in [2.05, 4.69) is 0 Å². The van der Waals surface area contributed by atoms with Crippen LogP contribution in [-0.4, -0.2) is 17.2 Å². The monoisotopic (exact) mass is 208 g/mol. The first-order valence-electron chi connectivity index (χ1n) is 4.74. The molecule has 0 bridgehead atoms. The van der Waals surface area contributed by atoms with Crippen molar-refractivity contribution in [1.29, 1.82) is 0 Å². The van der Waals surface area contributed by atoms with Crippen LogP contribution in [0.1, 0.15) is 25.5 Å². The van der Waals surface area contributed by atoms with Crippen molar-refractivity contribution in [3.63, 3.8) is 0 Å². The van der Waals surface area contributed by atoms with E-state index in [9.17, 15) is 9.90 Å². The molecule has 0 aromatic heterocycles. The van der Waals surface area contributed by atoms with Crippen molar-refractivity contribution >= 4 is 5.97 Å². The van der Waals surface area contributed by atoms with Gasteiger partial charge in [0, 0.05) is 18.6 Å². The zero-order valence-electron chi connectivity index (χ0n) is 8.56. The van der Waals surface area contributed by atoms with Gasteiger partial charge in [0.1, 0.15) is 17.6 Å². The molecule has 0 amide bonds. The highest BCUT2D eigenvalue weighted by atomic mass is 16.6. The van der Waals surface area contributed by atoms with Crippen molar-refractivity contribution in [3.05, 3.63) is 23.8 Å². The van der Waals surface area contributed by atoms with Crippen molar-refractivity contribution in [3.8, 4) is 11.5 Å². The maximum Gasteiger partial charge on any atom is 0.303 e. The van der Waals surface area contributed by atoms with Crippen molar-refractivity contribution < 1.29 is 19.4 Å². The van der Waals surface area contributed by atoms with E-state index in [4.69, 9.17) is 9.47 Å². The number of fused-ring (bicyclic) bond motifs is 1. The Morgan fingerprint density at radius 1 is 1.53 bits per heavy atom. The summed E-state index contributed by atoms with van der Waals surface area (Å²) in [6.45, 7) is 3.19. The second kappa shape index (κ2) is 3.46. The van der Waals surface area contributed by atoms with E-state index in [0.29, 0.717) is 5.75 Å². The van der Waals surface area contributed by atoms with E-state index < -0.39 is 0 Å². The Labute approximate surface area is 87.4 Å². The van der Waals surface area contributed by atoms with Crippen LogP contribution in [0, 0.1) is 0 Å². The van der Waals surface area contributed by atoms with Gasteiger partial charge in [-0.15, -0.1) is 0 Å². The largest absolute Gasteiger partial charge is 0.508 e. The van der Waals surface area contributed by atoms with Crippen molar-refractivity contribution in [2.45, 2.75) is 26.1 Å². The lowest BCUT2D eigenvalue weighted by atomic mass is 10.1. The zero-order valence-corrected chi connectivity index (χ0v) is 8.56. The van der Waals surface area contributed by atoms with E-state index in [0.717, 1.165) is 5.56 Å². The fraction of sp³-hybridized carbons (Fsp3) is 0.364. The summed E-state index contributed by atoms with van der Waals surface area (Å²) in [6, 6.07) is 4.79. The molecule has 0 saturated carbocycles. The van der Waals surface area contributed by atoms with Crippen LogP contribution >= 0.6 is 0 Å². The van der Waals surface area contributed by atoms with Gasteiger partial charge < -0.3 is 14.6 Å². The minimum absolute atomic E-state index is 0.143. The zero-order chi connectivity index (χ0) is 11.0. The number of hydrogen-bond donors (Lipinski definition) is 1. The summed E-state index contributed by atoms with van der Waals surface area (Å²) in [6.07, 6.45) is -0.594. The minimum atomic E-state index is -0.377. The number of hydrogen-bond acceptors (Lipinski definition) is 4. The fourth-order valence-corrected chi connectivity index (χ4v) is 1.71. The number of benzene rings is 1. The van der Waals surface area contributed by atoms with Crippen molar-refractivity contribution in [1.82, 2.24) is 0 Å². The molecule has 1 N–H and O–H groups in total. The van der Waals surface area contributed by atoms with Gasteiger partial charge in [-0.1, -0.05) is 0 Å². The predicted octanol–water partition coefficient (Wildman–Crippen LogP) is 1.78. The lowest BCUT2D eigenvalue weighted by molar-refractivity contribution is -0.149. The lowest BCUT2D eigenvalue weighted by Gasteiger charge is -2.14. The molecule has 0 radical (unpaired) electrons. The van der Waals surface area contributed by atoms with Gasteiger partial charge in [-0.25, -0.2) is 0 Å². The molecule has 4 nitrogen and oxygen atoms in total. The quantitative estimate of drug-likeness (QED) is 0.715. The lowest BCUT2D eigenvalue weighted by Crippen LogP contribution is -2.18. The Kier molecular flexibility index (Phi) is 2.26. The number of carbonyl (C=O) groups is 1. The maximum absolute atomic E-state index is 10.9. The van der Waals surface area contributed by atoms with E-state index >= 15 is 0 Å². The van der Waals surface area contributed by atoms with Gasteiger partial charge in [0.2, 0.25) is 0 Å². The molecule has 80 valence electrons. The van der Waals surface area contributed by atoms with Gasteiger partial charge in [0.05, 0.1) is 0 Å². The minimum Gasteiger partial charge on any atom is -0.508 e. The first-order valence-corrected chi connectivity index (χ1v) is 4.74. The topological polar surface area (TPSA) is 55.8 Å². The Hall–Kier alpha value is -1.71. The highest BCUT2D eigenvalue weighted by molar-refractivity contribution is 5.66. The summed E-state index contributed by atoms with van der Waals surface area (Å²) in [5, 5.41) is 9.26. The third-order valence-corrected chi connectivity index (χ3v) is 2.34. The third kappa shape index (κ3) is 1.75. The van der Waals surface area contributed by atoms with Gasteiger partial charge in [0.15, 0.2) is 6.10 Å². The Morgan fingerprint density at radius 3 is 2.93 bits per heavy atom. The number of esters is 1. The van der Waals surface area contributed by atoms with Crippen LogP contribution in [0.5, 0.6) is 11.5 Å². The van der Waals surface area contributed by atoms with Gasteiger partial charge in [-0.3, -0.25) is 4.79 Å². The Bertz CT molecular complexity index is 400. The second-order valence-electron chi connectivity index (χ2n) is 3.58. The third-order valence-electron chi connectivity index (χ3n) is 2.34. The normalized spacial score (nSPS) is 23.1. The van der Waals surface area contributed by atoms with Crippen molar-refractivity contribution in [2.24, 2.45) is 0 Å². The molecule has 0 saturated heterocycles. The number of carbonyl (C=O) groups excluding carboxylic acids is 1. The van der Waals surface area contributed by atoms with E-state index in [1.54, 1.807) is 12.1 Å². The molecule has 1 aliphatic rings. The van der Waals surface area contributed by atoms with Crippen LogP contribution in [0.3, 0.4) is 0 Å². The van der Waals surface area contributed by atoms with Crippen LogP contribution < -0.4 is 4.74 Å². The predicted molar refractivity (Wildman–Crippen MR) is 52.7 cm³/mol. The first-order chi connectivity index (χ1) is 7.08. The van der Waals surface area contributed by atoms with Gasteiger partial charge >= 0.3 is 5.97 Å². The van der Waals surface area contributed by atoms with Crippen LogP contribution in [0.25, 0.3) is 0 Å². The molecule has 1 unspecified atom stereocenters. The SMILES string of the molecule is CC(=O)O[C@@H]1c2ccc(O)cc2OC1C. The number of rotatable bonds is 1. The highest BCUT2D eigenvalue weighted by Crippen LogP contribution is 2.40. The summed E-state index contributed by atoms with van der Waals surface area (Å²) in [5.74, 6) is 0.384. The molecular formula is C11H12O4. The molecule has 0 fully saturated rings. The molecule has 1 aliphatic heterocycles. The fourth-order valence-electron chi connectivity index (χ4n) is 1.71. The first kappa shape index (κ1) is 9.83. The van der Waals surface area contributed by atoms with Crippen LogP contribution in [0.2, 0.25) is 0 Å². The van der Waals surface area contributed by atoms with Crippen LogP contribution in [-0.2, 0) is 9.53 Å². The summed E-state index contributed by atoms with van der Waals surface area (Å²) >= 11 is 0. The number of aromatic hydroxyl groups is 1. The number of phenols is 1. The highest BCUT2D eigenvalue weighted by Gasteiger charge is 2.33. The van der Waals surface area contributed by atoms with Gasteiger partial charge in [-0.2, -0.15) is 0 Å². The van der Waals surface area contributed by atoms with Gasteiger partial charge in [-0.05, 0) is 19.1 Å².